The molecule has 0 fully saturated rings. The van der Waals surface area contributed by atoms with Gasteiger partial charge in [-0.1, -0.05) is 23.7 Å². The summed E-state index contributed by atoms with van der Waals surface area (Å²) in [5.41, 5.74) is 2.83. The van der Waals surface area contributed by atoms with Crippen molar-refractivity contribution in [2.75, 3.05) is 24.3 Å². The predicted octanol–water partition coefficient (Wildman–Crippen LogP) is 3.18. The van der Waals surface area contributed by atoms with Crippen LogP contribution in [-0.4, -0.2) is 29.1 Å². The van der Waals surface area contributed by atoms with E-state index in [1.54, 1.807) is 16.7 Å². The van der Waals surface area contributed by atoms with Crippen molar-refractivity contribution in [1.82, 2.24) is 9.13 Å². The molecule has 0 aliphatic rings. The van der Waals surface area contributed by atoms with E-state index in [2.05, 4.69) is 5.32 Å². The Balaban J connectivity index is 1.93. The van der Waals surface area contributed by atoms with Crippen LogP contribution in [-0.2, 0) is 17.9 Å². The second-order valence-corrected chi connectivity index (χ2v) is 6.64. The van der Waals surface area contributed by atoms with Crippen molar-refractivity contribution in [3.05, 3.63) is 58.0 Å². The quantitative estimate of drug-likeness (QED) is 0.748. The second-order valence-electron chi connectivity index (χ2n) is 6.21. The van der Waals surface area contributed by atoms with Crippen LogP contribution in [0, 0.1) is 0 Å². The van der Waals surface area contributed by atoms with Crippen LogP contribution >= 0.6 is 11.6 Å². The number of aryl methyl sites for hydroxylation is 1. The van der Waals surface area contributed by atoms with Gasteiger partial charge in [0.1, 0.15) is 6.54 Å². The van der Waals surface area contributed by atoms with Gasteiger partial charge in [0.15, 0.2) is 0 Å². The van der Waals surface area contributed by atoms with Crippen molar-refractivity contribution < 1.29 is 4.79 Å². The third-order valence-electron chi connectivity index (χ3n) is 4.26. The lowest BCUT2D eigenvalue weighted by molar-refractivity contribution is -0.116. The summed E-state index contributed by atoms with van der Waals surface area (Å²) in [7, 11) is 3.77. The van der Waals surface area contributed by atoms with Gasteiger partial charge in [-0.25, -0.2) is 4.79 Å². The fourth-order valence-electron chi connectivity index (χ4n) is 3.06. The van der Waals surface area contributed by atoms with Gasteiger partial charge in [0, 0.05) is 25.7 Å². The van der Waals surface area contributed by atoms with Gasteiger partial charge in [0.05, 0.1) is 22.4 Å². The van der Waals surface area contributed by atoms with E-state index in [1.807, 2.05) is 56.3 Å². The number of anilines is 2. The molecule has 0 unspecified atom stereocenters. The number of fused-ring (bicyclic) bond motifs is 1. The fourth-order valence-corrected chi connectivity index (χ4v) is 3.23. The van der Waals surface area contributed by atoms with Crippen LogP contribution in [0.3, 0.4) is 0 Å². The van der Waals surface area contributed by atoms with E-state index >= 15 is 0 Å². The maximum absolute atomic E-state index is 12.7. The highest BCUT2D eigenvalue weighted by molar-refractivity contribution is 6.31. The van der Waals surface area contributed by atoms with Crippen molar-refractivity contribution in [2.45, 2.75) is 20.0 Å². The molecule has 1 aromatic heterocycles. The summed E-state index contributed by atoms with van der Waals surface area (Å²) in [6.45, 7) is 2.40. The summed E-state index contributed by atoms with van der Waals surface area (Å²) >= 11 is 6.06. The van der Waals surface area contributed by atoms with Crippen LogP contribution in [0.15, 0.2) is 47.3 Å². The van der Waals surface area contributed by atoms with E-state index in [9.17, 15) is 9.59 Å². The number of hydrogen-bond acceptors (Lipinski definition) is 3. The summed E-state index contributed by atoms with van der Waals surface area (Å²) in [6, 6.07) is 12.8. The summed E-state index contributed by atoms with van der Waals surface area (Å²) in [5.74, 6) is -0.281. The van der Waals surface area contributed by atoms with Gasteiger partial charge in [0.2, 0.25) is 5.91 Å². The van der Waals surface area contributed by atoms with Crippen LogP contribution in [0.25, 0.3) is 11.0 Å². The van der Waals surface area contributed by atoms with E-state index in [0.717, 1.165) is 16.7 Å². The highest BCUT2D eigenvalue weighted by Gasteiger charge is 2.16. The zero-order valence-electron chi connectivity index (χ0n) is 15.0. The second kappa shape index (κ2) is 7.25. The standard InChI is InChI=1S/C19H21ClN4O2/c1-4-23-16-7-5-6-8-17(16)24(19(23)26)12-18(25)21-14-11-13(20)9-10-15(14)22(2)3/h5-11H,4,12H2,1-3H3,(H,21,25). The molecular weight excluding hydrogens is 352 g/mol. The summed E-state index contributed by atoms with van der Waals surface area (Å²) in [5, 5.41) is 3.40. The van der Waals surface area contributed by atoms with Crippen LogP contribution in [0.5, 0.6) is 0 Å². The number of carbonyl (C=O) groups is 1. The minimum Gasteiger partial charge on any atom is -0.376 e. The Hall–Kier alpha value is -2.73. The number of carbonyl (C=O) groups excluding carboxylic acids is 1. The monoisotopic (exact) mass is 372 g/mol. The number of imidazole rings is 1. The van der Waals surface area contributed by atoms with E-state index in [0.29, 0.717) is 17.3 Å². The van der Waals surface area contributed by atoms with Crippen molar-refractivity contribution in [3.8, 4) is 0 Å². The molecule has 0 bridgehead atoms. The highest BCUT2D eigenvalue weighted by Crippen LogP contribution is 2.27. The molecule has 1 heterocycles. The Kier molecular flexibility index (Phi) is 5.04. The first kappa shape index (κ1) is 18.1. The summed E-state index contributed by atoms with van der Waals surface area (Å²) in [6.07, 6.45) is 0. The van der Waals surface area contributed by atoms with Crippen molar-refractivity contribution >= 4 is 39.9 Å². The Bertz CT molecular complexity index is 1020. The SMILES string of the molecule is CCn1c(=O)n(CC(=O)Nc2cc(Cl)ccc2N(C)C)c2ccccc21. The molecule has 26 heavy (non-hydrogen) atoms. The van der Waals surface area contributed by atoms with Gasteiger partial charge in [-0.2, -0.15) is 0 Å². The number of halogens is 1. The minimum atomic E-state index is -0.281. The van der Waals surface area contributed by atoms with Gasteiger partial charge in [-0.15, -0.1) is 0 Å². The Morgan fingerprint density at radius 3 is 2.38 bits per heavy atom. The first-order chi connectivity index (χ1) is 12.4. The Morgan fingerprint density at radius 2 is 1.77 bits per heavy atom. The van der Waals surface area contributed by atoms with Crippen LogP contribution < -0.4 is 15.9 Å². The predicted molar refractivity (Wildman–Crippen MR) is 106 cm³/mol. The average Bonchev–Trinajstić information content (AvgIpc) is 2.86. The number of para-hydroxylation sites is 2. The van der Waals surface area contributed by atoms with E-state index in [1.165, 1.54) is 4.57 Å². The molecular formula is C19H21ClN4O2. The molecule has 136 valence electrons. The molecule has 0 aliphatic heterocycles. The third-order valence-corrected chi connectivity index (χ3v) is 4.49. The normalized spacial score (nSPS) is 10.9. The average molecular weight is 373 g/mol. The molecule has 6 nitrogen and oxygen atoms in total. The van der Waals surface area contributed by atoms with Gasteiger partial charge in [0.25, 0.3) is 0 Å². The lowest BCUT2D eigenvalue weighted by atomic mass is 10.2. The number of hydrogen-bond donors (Lipinski definition) is 1. The summed E-state index contributed by atoms with van der Waals surface area (Å²) < 4.78 is 3.15. The molecule has 2 aromatic carbocycles. The van der Waals surface area contributed by atoms with Crippen molar-refractivity contribution in [3.63, 3.8) is 0 Å². The lowest BCUT2D eigenvalue weighted by Crippen LogP contribution is -2.29. The molecule has 3 rings (SSSR count). The molecule has 7 heteroatoms. The van der Waals surface area contributed by atoms with Crippen LogP contribution in [0.1, 0.15) is 6.92 Å². The number of benzene rings is 2. The van der Waals surface area contributed by atoms with Gasteiger partial charge >= 0.3 is 5.69 Å². The van der Waals surface area contributed by atoms with E-state index < -0.39 is 0 Å². The smallest absolute Gasteiger partial charge is 0.329 e. The van der Waals surface area contributed by atoms with Crippen molar-refractivity contribution in [1.29, 1.82) is 0 Å². The molecule has 0 saturated heterocycles. The highest BCUT2D eigenvalue weighted by atomic mass is 35.5. The van der Waals surface area contributed by atoms with Gasteiger partial charge in [-0.3, -0.25) is 13.9 Å². The molecule has 0 spiro atoms. The first-order valence-corrected chi connectivity index (χ1v) is 8.75. The zero-order valence-corrected chi connectivity index (χ0v) is 15.7. The number of nitrogens with zero attached hydrogens (tertiary/aromatic N) is 3. The molecule has 0 atom stereocenters. The molecule has 0 saturated carbocycles. The molecule has 1 amide bonds. The fraction of sp³-hybridized carbons (Fsp3) is 0.263. The number of nitrogens with one attached hydrogen (secondary N) is 1. The van der Waals surface area contributed by atoms with Gasteiger partial charge < -0.3 is 10.2 Å². The number of rotatable bonds is 5. The Morgan fingerprint density at radius 1 is 1.12 bits per heavy atom. The Labute approximate surface area is 156 Å². The molecule has 3 aromatic rings. The van der Waals surface area contributed by atoms with Crippen LogP contribution in [0.4, 0.5) is 11.4 Å². The largest absolute Gasteiger partial charge is 0.376 e. The number of aromatic nitrogens is 2. The maximum Gasteiger partial charge on any atom is 0.329 e. The molecule has 1 N–H and O–H groups in total. The van der Waals surface area contributed by atoms with E-state index in [4.69, 9.17) is 11.6 Å². The zero-order chi connectivity index (χ0) is 18.8. The third kappa shape index (κ3) is 3.32. The molecule has 0 aliphatic carbocycles. The maximum atomic E-state index is 12.7. The molecule has 0 radical (unpaired) electrons. The first-order valence-electron chi connectivity index (χ1n) is 8.37. The summed E-state index contributed by atoms with van der Waals surface area (Å²) in [4.78, 5) is 27.2. The van der Waals surface area contributed by atoms with Crippen LogP contribution in [0.2, 0.25) is 5.02 Å². The van der Waals surface area contributed by atoms with E-state index in [-0.39, 0.29) is 18.1 Å². The van der Waals surface area contributed by atoms with Gasteiger partial charge in [-0.05, 0) is 37.3 Å². The van der Waals surface area contributed by atoms with Crippen molar-refractivity contribution in [2.24, 2.45) is 0 Å². The topological polar surface area (TPSA) is 59.3 Å². The minimum absolute atomic E-state index is 0.0638. The lowest BCUT2D eigenvalue weighted by Gasteiger charge is -2.18. The number of amides is 1.